The molecule has 0 spiro atoms. The highest BCUT2D eigenvalue weighted by molar-refractivity contribution is 5.66. The molecule has 2 aromatic heterocycles. The molecule has 6 nitrogen and oxygen atoms in total. The third kappa shape index (κ3) is 2.85. The lowest BCUT2D eigenvalue weighted by Gasteiger charge is -1.98. The lowest BCUT2D eigenvalue weighted by Crippen LogP contribution is -1.96. The number of oxazole rings is 1. The fourth-order valence-corrected chi connectivity index (χ4v) is 1.40. The summed E-state index contributed by atoms with van der Waals surface area (Å²) in [6, 6.07) is 3.48. The van der Waals surface area contributed by atoms with E-state index in [4.69, 9.17) is 14.3 Å². The number of carbonyl (C=O) groups is 1. The Labute approximate surface area is 103 Å². The maximum Gasteiger partial charge on any atom is 0.303 e. The Morgan fingerprint density at radius 2 is 2.22 bits per heavy atom. The monoisotopic (exact) mass is 248 g/mol. The van der Waals surface area contributed by atoms with Crippen LogP contribution < -0.4 is 4.74 Å². The summed E-state index contributed by atoms with van der Waals surface area (Å²) in [5, 5.41) is 8.57. The van der Waals surface area contributed by atoms with Crippen LogP contribution in [0.3, 0.4) is 0 Å². The van der Waals surface area contributed by atoms with Gasteiger partial charge in [-0.1, -0.05) is 0 Å². The van der Waals surface area contributed by atoms with Gasteiger partial charge < -0.3 is 14.3 Å². The number of aromatic nitrogens is 2. The minimum atomic E-state index is -0.865. The summed E-state index contributed by atoms with van der Waals surface area (Å²) < 4.78 is 10.4. The molecule has 0 atom stereocenters. The first-order valence-corrected chi connectivity index (χ1v) is 5.36. The Kier molecular flexibility index (Phi) is 3.57. The highest BCUT2D eigenvalue weighted by Gasteiger charge is 2.09. The van der Waals surface area contributed by atoms with Crippen LogP contribution in [-0.2, 0) is 11.2 Å². The number of carboxylic acids is 1. The van der Waals surface area contributed by atoms with Crippen molar-refractivity contribution in [3.05, 3.63) is 30.3 Å². The van der Waals surface area contributed by atoms with Crippen molar-refractivity contribution in [2.75, 3.05) is 7.11 Å². The van der Waals surface area contributed by atoms with Gasteiger partial charge >= 0.3 is 5.97 Å². The predicted molar refractivity (Wildman–Crippen MR) is 62.2 cm³/mol. The van der Waals surface area contributed by atoms with E-state index in [9.17, 15) is 4.79 Å². The van der Waals surface area contributed by atoms with E-state index in [0.717, 1.165) is 0 Å². The SMILES string of the molecule is COc1ccc(-c2ncc(CCC(=O)O)o2)nc1. The number of methoxy groups -OCH3 is 1. The van der Waals surface area contributed by atoms with E-state index < -0.39 is 5.97 Å². The molecular formula is C12H12N2O4. The maximum absolute atomic E-state index is 10.4. The quantitative estimate of drug-likeness (QED) is 0.867. The van der Waals surface area contributed by atoms with Crippen molar-refractivity contribution in [2.45, 2.75) is 12.8 Å². The lowest BCUT2D eigenvalue weighted by atomic mass is 10.3. The van der Waals surface area contributed by atoms with E-state index >= 15 is 0 Å². The minimum absolute atomic E-state index is 0.0185. The van der Waals surface area contributed by atoms with E-state index in [2.05, 4.69) is 9.97 Å². The van der Waals surface area contributed by atoms with Crippen LogP contribution in [0.15, 0.2) is 28.9 Å². The summed E-state index contributed by atoms with van der Waals surface area (Å²) in [6.45, 7) is 0. The Morgan fingerprint density at radius 1 is 1.39 bits per heavy atom. The van der Waals surface area contributed by atoms with Gasteiger partial charge in [0.1, 0.15) is 17.2 Å². The van der Waals surface area contributed by atoms with Crippen LogP contribution in [-0.4, -0.2) is 28.2 Å². The molecule has 94 valence electrons. The summed E-state index contributed by atoms with van der Waals surface area (Å²) >= 11 is 0. The van der Waals surface area contributed by atoms with Crippen LogP contribution >= 0.6 is 0 Å². The van der Waals surface area contributed by atoms with Crippen molar-refractivity contribution in [2.24, 2.45) is 0 Å². The van der Waals surface area contributed by atoms with E-state index in [1.807, 2.05) is 0 Å². The van der Waals surface area contributed by atoms with Crippen LogP contribution in [0.4, 0.5) is 0 Å². The van der Waals surface area contributed by atoms with Gasteiger partial charge in [0, 0.05) is 6.42 Å². The number of rotatable bonds is 5. The van der Waals surface area contributed by atoms with Crippen LogP contribution in [0.25, 0.3) is 11.6 Å². The molecule has 2 heterocycles. The fraction of sp³-hybridized carbons (Fsp3) is 0.250. The smallest absolute Gasteiger partial charge is 0.303 e. The molecule has 0 fully saturated rings. The third-order valence-electron chi connectivity index (χ3n) is 2.33. The van der Waals surface area contributed by atoms with E-state index in [0.29, 0.717) is 29.5 Å². The highest BCUT2D eigenvalue weighted by atomic mass is 16.5. The number of carboxylic acid groups (broad SMARTS) is 1. The topological polar surface area (TPSA) is 85.5 Å². The molecule has 2 aromatic rings. The van der Waals surface area contributed by atoms with Crippen molar-refractivity contribution in [3.8, 4) is 17.3 Å². The molecule has 0 unspecified atom stereocenters. The first-order valence-electron chi connectivity index (χ1n) is 5.36. The van der Waals surface area contributed by atoms with Gasteiger partial charge in [-0.05, 0) is 12.1 Å². The van der Waals surface area contributed by atoms with E-state index in [-0.39, 0.29) is 6.42 Å². The van der Waals surface area contributed by atoms with Crippen LogP contribution in [0.2, 0.25) is 0 Å². The summed E-state index contributed by atoms with van der Waals surface area (Å²) in [5.41, 5.74) is 0.581. The molecular weight excluding hydrogens is 236 g/mol. The zero-order valence-corrected chi connectivity index (χ0v) is 9.79. The third-order valence-corrected chi connectivity index (χ3v) is 2.33. The number of aryl methyl sites for hydroxylation is 1. The number of ether oxygens (including phenoxy) is 1. The maximum atomic E-state index is 10.4. The second-order valence-corrected chi connectivity index (χ2v) is 3.61. The number of hydrogen-bond donors (Lipinski definition) is 1. The van der Waals surface area contributed by atoms with E-state index in [1.165, 1.54) is 6.20 Å². The minimum Gasteiger partial charge on any atom is -0.495 e. The molecule has 0 aliphatic carbocycles. The van der Waals surface area contributed by atoms with E-state index in [1.54, 1.807) is 25.4 Å². The molecule has 0 aliphatic heterocycles. The van der Waals surface area contributed by atoms with Gasteiger partial charge in [0.25, 0.3) is 0 Å². The van der Waals surface area contributed by atoms with Crippen molar-refractivity contribution < 1.29 is 19.1 Å². The molecule has 0 radical (unpaired) electrons. The van der Waals surface area contributed by atoms with Crippen LogP contribution in [0.1, 0.15) is 12.2 Å². The summed E-state index contributed by atoms with van der Waals surface area (Å²) in [6.07, 6.45) is 3.42. The average Bonchev–Trinajstić information content (AvgIpc) is 2.85. The van der Waals surface area contributed by atoms with Crippen LogP contribution in [0.5, 0.6) is 5.75 Å². The molecule has 1 N–H and O–H groups in total. The van der Waals surface area contributed by atoms with Crippen molar-refractivity contribution >= 4 is 5.97 Å². The van der Waals surface area contributed by atoms with Gasteiger partial charge in [-0.15, -0.1) is 0 Å². The summed E-state index contributed by atoms with van der Waals surface area (Å²) in [4.78, 5) is 18.6. The summed E-state index contributed by atoms with van der Waals surface area (Å²) in [7, 11) is 1.56. The number of nitrogens with zero attached hydrogens (tertiary/aromatic N) is 2. The average molecular weight is 248 g/mol. The van der Waals surface area contributed by atoms with Crippen molar-refractivity contribution in [1.82, 2.24) is 9.97 Å². The summed E-state index contributed by atoms with van der Waals surface area (Å²) in [5.74, 6) is 0.690. The number of hydrogen-bond acceptors (Lipinski definition) is 5. The highest BCUT2D eigenvalue weighted by Crippen LogP contribution is 2.19. The Morgan fingerprint density at radius 3 is 2.83 bits per heavy atom. The molecule has 0 saturated heterocycles. The van der Waals surface area contributed by atoms with Crippen molar-refractivity contribution in [1.29, 1.82) is 0 Å². The van der Waals surface area contributed by atoms with Gasteiger partial charge in [-0.25, -0.2) is 9.97 Å². The first-order chi connectivity index (χ1) is 8.69. The number of pyridine rings is 1. The molecule has 2 rings (SSSR count). The molecule has 6 heteroatoms. The van der Waals surface area contributed by atoms with Gasteiger partial charge in [-0.2, -0.15) is 0 Å². The molecule has 18 heavy (non-hydrogen) atoms. The Hall–Kier alpha value is -2.37. The van der Waals surface area contributed by atoms with Gasteiger partial charge in [0.05, 0.1) is 25.9 Å². The standard InChI is InChI=1S/C12H12N2O4/c1-17-8-2-4-10(13-6-8)12-14-7-9(18-12)3-5-11(15)16/h2,4,6-7H,3,5H2,1H3,(H,15,16). The molecule has 0 aliphatic rings. The van der Waals surface area contributed by atoms with Crippen molar-refractivity contribution in [3.63, 3.8) is 0 Å². The Balaban J connectivity index is 2.10. The normalized spacial score (nSPS) is 10.3. The van der Waals surface area contributed by atoms with Gasteiger partial charge in [0.2, 0.25) is 5.89 Å². The zero-order chi connectivity index (χ0) is 13.0. The van der Waals surface area contributed by atoms with Crippen LogP contribution in [0, 0.1) is 0 Å². The molecule has 0 bridgehead atoms. The fourth-order valence-electron chi connectivity index (χ4n) is 1.40. The predicted octanol–water partition coefficient (Wildman–Crippen LogP) is 1.76. The number of aliphatic carboxylic acids is 1. The molecule has 0 saturated carbocycles. The lowest BCUT2D eigenvalue weighted by molar-refractivity contribution is -0.137. The second-order valence-electron chi connectivity index (χ2n) is 3.61. The van der Waals surface area contributed by atoms with Gasteiger partial charge in [0.15, 0.2) is 0 Å². The molecule has 0 amide bonds. The van der Waals surface area contributed by atoms with Gasteiger partial charge in [-0.3, -0.25) is 4.79 Å². The first kappa shape index (κ1) is 12.1. The second kappa shape index (κ2) is 5.31. The Bertz CT molecular complexity index is 533. The molecule has 0 aromatic carbocycles. The zero-order valence-electron chi connectivity index (χ0n) is 9.79. The largest absolute Gasteiger partial charge is 0.495 e.